The van der Waals surface area contributed by atoms with Crippen molar-refractivity contribution in [3.05, 3.63) is 71.8 Å². The molecule has 0 radical (unpaired) electrons. The molecule has 0 N–H and O–H groups in total. The quantitative estimate of drug-likeness (QED) is 0.136. The Kier molecular flexibility index (Phi) is 10.7. The van der Waals surface area contributed by atoms with Crippen LogP contribution in [0.3, 0.4) is 0 Å². The van der Waals surface area contributed by atoms with E-state index in [1.807, 2.05) is 12.4 Å². The third-order valence-corrected chi connectivity index (χ3v) is 5.74. The molecule has 5 nitrogen and oxygen atoms in total. The SMILES string of the molecule is CCCCCCCCCOc1ccc(C(=O)Oc2ccc(-c3ncc(CCC)cn3)cc2)c(F)c1. The van der Waals surface area contributed by atoms with Crippen LogP contribution in [-0.4, -0.2) is 22.5 Å². The van der Waals surface area contributed by atoms with E-state index in [2.05, 4.69) is 23.8 Å². The van der Waals surface area contributed by atoms with Crippen LogP contribution >= 0.6 is 0 Å². The van der Waals surface area contributed by atoms with Gasteiger partial charge >= 0.3 is 5.97 Å². The van der Waals surface area contributed by atoms with Gasteiger partial charge in [0.2, 0.25) is 0 Å². The predicted octanol–water partition coefficient (Wildman–Crippen LogP) is 7.58. The summed E-state index contributed by atoms with van der Waals surface area (Å²) in [5.74, 6) is -0.0847. The number of carbonyl (C=O) groups is 1. The highest BCUT2D eigenvalue weighted by molar-refractivity contribution is 5.91. The van der Waals surface area contributed by atoms with Gasteiger partial charge in [0.1, 0.15) is 17.3 Å². The fourth-order valence-corrected chi connectivity index (χ4v) is 3.76. The molecule has 35 heavy (non-hydrogen) atoms. The Balaban J connectivity index is 1.48. The van der Waals surface area contributed by atoms with Crippen molar-refractivity contribution in [2.45, 2.75) is 71.6 Å². The maximum Gasteiger partial charge on any atom is 0.346 e. The lowest BCUT2D eigenvalue weighted by Gasteiger charge is -2.09. The molecule has 0 saturated carbocycles. The first kappa shape index (κ1) is 26.3. The zero-order valence-electron chi connectivity index (χ0n) is 20.8. The molecule has 1 aromatic heterocycles. The van der Waals surface area contributed by atoms with Crippen LogP contribution in [-0.2, 0) is 6.42 Å². The predicted molar refractivity (Wildman–Crippen MR) is 136 cm³/mol. The Morgan fingerprint density at radius 1 is 0.829 bits per heavy atom. The smallest absolute Gasteiger partial charge is 0.346 e. The number of hydrogen-bond donors (Lipinski definition) is 0. The maximum atomic E-state index is 14.5. The summed E-state index contributed by atoms with van der Waals surface area (Å²) in [6.07, 6.45) is 13.9. The van der Waals surface area contributed by atoms with Gasteiger partial charge in [-0.1, -0.05) is 58.8 Å². The van der Waals surface area contributed by atoms with E-state index in [0.717, 1.165) is 36.8 Å². The van der Waals surface area contributed by atoms with Crippen LogP contribution in [0.15, 0.2) is 54.9 Å². The van der Waals surface area contributed by atoms with E-state index < -0.39 is 11.8 Å². The molecular formula is C29H35FN2O3. The summed E-state index contributed by atoms with van der Waals surface area (Å²) in [5.41, 5.74) is 1.77. The molecule has 0 atom stereocenters. The molecule has 3 aromatic rings. The number of aryl methyl sites for hydroxylation is 1. The van der Waals surface area contributed by atoms with E-state index in [1.54, 1.807) is 30.3 Å². The molecule has 1 heterocycles. The summed E-state index contributed by atoms with van der Waals surface area (Å²) in [6.45, 7) is 4.85. The fourth-order valence-electron chi connectivity index (χ4n) is 3.76. The first-order valence-corrected chi connectivity index (χ1v) is 12.7. The number of unbranched alkanes of at least 4 members (excludes halogenated alkanes) is 6. The Bertz CT molecular complexity index is 1050. The van der Waals surface area contributed by atoms with Crippen LogP contribution < -0.4 is 9.47 Å². The van der Waals surface area contributed by atoms with Crippen molar-refractivity contribution in [2.75, 3.05) is 6.61 Å². The van der Waals surface area contributed by atoms with Gasteiger partial charge in [-0.15, -0.1) is 0 Å². The van der Waals surface area contributed by atoms with Crippen LogP contribution in [0.5, 0.6) is 11.5 Å². The molecule has 6 heteroatoms. The molecule has 0 aliphatic heterocycles. The first-order chi connectivity index (χ1) is 17.1. The summed E-state index contributed by atoms with van der Waals surface area (Å²) in [4.78, 5) is 21.3. The Labute approximate surface area is 207 Å². The number of carbonyl (C=O) groups excluding carboxylic acids is 1. The summed E-state index contributed by atoms with van der Waals surface area (Å²) >= 11 is 0. The lowest BCUT2D eigenvalue weighted by molar-refractivity contribution is 0.0730. The molecule has 0 spiro atoms. The van der Waals surface area contributed by atoms with Crippen molar-refractivity contribution in [3.8, 4) is 22.9 Å². The zero-order valence-corrected chi connectivity index (χ0v) is 20.8. The Morgan fingerprint density at radius 3 is 2.14 bits per heavy atom. The molecule has 0 aliphatic rings. The first-order valence-electron chi connectivity index (χ1n) is 12.7. The van der Waals surface area contributed by atoms with E-state index in [9.17, 15) is 9.18 Å². The second-order valence-electron chi connectivity index (χ2n) is 8.69. The molecule has 0 fully saturated rings. The standard InChI is InChI=1S/C29H35FN2O3/c1-3-5-6-7-8-9-10-18-34-25-16-17-26(27(30)19-25)29(33)35-24-14-12-23(13-15-24)28-31-20-22(11-4-2)21-32-28/h12-17,19-21H,3-11,18H2,1-2H3. The van der Waals surface area contributed by atoms with Gasteiger partial charge in [0.25, 0.3) is 0 Å². The van der Waals surface area contributed by atoms with Crippen LogP contribution in [0.25, 0.3) is 11.4 Å². The minimum absolute atomic E-state index is 0.132. The molecule has 0 saturated heterocycles. The number of esters is 1. The van der Waals surface area contributed by atoms with Crippen molar-refractivity contribution in [1.82, 2.24) is 9.97 Å². The third kappa shape index (κ3) is 8.46. The lowest BCUT2D eigenvalue weighted by Crippen LogP contribution is -2.11. The van der Waals surface area contributed by atoms with Gasteiger partial charge in [-0.2, -0.15) is 0 Å². The second-order valence-corrected chi connectivity index (χ2v) is 8.69. The lowest BCUT2D eigenvalue weighted by atomic mass is 10.1. The number of hydrogen-bond acceptors (Lipinski definition) is 5. The number of benzene rings is 2. The van der Waals surface area contributed by atoms with Crippen LogP contribution in [0.2, 0.25) is 0 Å². The third-order valence-electron chi connectivity index (χ3n) is 5.74. The van der Waals surface area contributed by atoms with Gasteiger partial charge < -0.3 is 9.47 Å². The van der Waals surface area contributed by atoms with Crippen molar-refractivity contribution < 1.29 is 18.7 Å². The monoisotopic (exact) mass is 478 g/mol. The van der Waals surface area contributed by atoms with E-state index in [-0.39, 0.29) is 5.56 Å². The fraction of sp³-hybridized carbons (Fsp3) is 0.414. The van der Waals surface area contributed by atoms with E-state index in [1.165, 1.54) is 44.2 Å². The minimum Gasteiger partial charge on any atom is -0.493 e. The molecule has 3 rings (SSSR count). The molecule has 0 bridgehead atoms. The van der Waals surface area contributed by atoms with Gasteiger partial charge in [0.15, 0.2) is 5.82 Å². The number of aromatic nitrogens is 2. The summed E-state index contributed by atoms with van der Waals surface area (Å²) in [7, 11) is 0. The van der Waals surface area contributed by atoms with E-state index in [4.69, 9.17) is 9.47 Å². The minimum atomic E-state index is -0.756. The number of nitrogens with zero attached hydrogens (tertiary/aromatic N) is 2. The van der Waals surface area contributed by atoms with Gasteiger partial charge in [-0.3, -0.25) is 0 Å². The van der Waals surface area contributed by atoms with E-state index >= 15 is 0 Å². The highest BCUT2D eigenvalue weighted by Crippen LogP contribution is 2.22. The molecule has 0 amide bonds. The Morgan fingerprint density at radius 2 is 1.49 bits per heavy atom. The van der Waals surface area contributed by atoms with Gasteiger partial charge in [-0.25, -0.2) is 19.2 Å². The van der Waals surface area contributed by atoms with Crippen molar-refractivity contribution in [1.29, 1.82) is 0 Å². The van der Waals surface area contributed by atoms with Crippen LogP contribution in [0.1, 0.15) is 81.1 Å². The largest absolute Gasteiger partial charge is 0.493 e. The Hall–Kier alpha value is -3.28. The van der Waals surface area contributed by atoms with Crippen molar-refractivity contribution in [2.24, 2.45) is 0 Å². The topological polar surface area (TPSA) is 61.3 Å². The normalized spacial score (nSPS) is 10.8. The number of rotatable bonds is 14. The highest BCUT2D eigenvalue weighted by Gasteiger charge is 2.15. The van der Waals surface area contributed by atoms with Gasteiger partial charge in [0.05, 0.1) is 12.2 Å². The van der Waals surface area contributed by atoms with Gasteiger partial charge in [0, 0.05) is 24.0 Å². The molecular weight excluding hydrogens is 443 g/mol. The summed E-state index contributed by atoms with van der Waals surface area (Å²) < 4.78 is 25.5. The maximum absolute atomic E-state index is 14.5. The zero-order chi connectivity index (χ0) is 24.9. The van der Waals surface area contributed by atoms with E-state index in [0.29, 0.717) is 23.9 Å². The second kappa shape index (κ2) is 14.2. The number of halogens is 1. The molecule has 0 unspecified atom stereocenters. The van der Waals surface area contributed by atoms with Crippen molar-refractivity contribution >= 4 is 5.97 Å². The average molecular weight is 479 g/mol. The van der Waals surface area contributed by atoms with Gasteiger partial charge in [-0.05, 0) is 54.8 Å². The highest BCUT2D eigenvalue weighted by atomic mass is 19.1. The van der Waals surface area contributed by atoms with Crippen LogP contribution in [0.4, 0.5) is 4.39 Å². The molecule has 2 aromatic carbocycles. The molecule has 186 valence electrons. The van der Waals surface area contributed by atoms with Crippen LogP contribution in [0, 0.1) is 5.82 Å². The van der Waals surface area contributed by atoms with Crippen molar-refractivity contribution in [3.63, 3.8) is 0 Å². The average Bonchev–Trinajstić information content (AvgIpc) is 2.87. The summed E-state index contributed by atoms with van der Waals surface area (Å²) in [6, 6.07) is 11.1. The number of ether oxygens (including phenoxy) is 2. The molecule has 0 aliphatic carbocycles. The summed E-state index contributed by atoms with van der Waals surface area (Å²) in [5, 5.41) is 0.